The molecule has 0 saturated heterocycles. The van der Waals surface area contributed by atoms with Gasteiger partial charge in [-0.25, -0.2) is 9.97 Å². The Hall–Kier alpha value is -1.98. The molecule has 1 amide bonds. The molecule has 6 heteroatoms. The van der Waals surface area contributed by atoms with Crippen molar-refractivity contribution in [3.05, 3.63) is 59.1 Å². The van der Waals surface area contributed by atoms with Gasteiger partial charge >= 0.3 is 0 Å². The molecule has 98 valence electrons. The Balaban J connectivity index is 1.92. The van der Waals surface area contributed by atoms with Gasteiger partial charge in [0, 0.05) is 24.0 Å². The minimum absolute atomic E-state index is 0.107. The molecule has 0 saturated carbocycles. The predicted molar refractivity (Wildman–Crippen MR) is 70.8 cm³/mol. The summed E-state index contributed by atoms with van der Waals surface area (Å²) in [6.07, 6.45) is 3.39. The van der Waals surface area contributed by atoms with Crippen molar-refractivity contribution in [2.24, 2.45) is 0 Å². The molecule has 2 rings (SSSR count). The molecule has 0 spiro atoms. The van der Waals surface area contributed by atoms with Crippen LogP contribution in [-0.4, -0.2) is 27.5 Å². The molecule has 1 aromatic heterocycles. The van der Waals surface area contributed by atoms with E-state index in [1.807, 2.05) is 0 Å². The second-order valence-electron chi connectivity index (χ2n) is 3.90. The predicted octanol–water partition coefficient (Wildman–Crippen LogP) is 1.59. The summed E-state index contributed by atoms with van der Waals surface area (Å²) in [6, 6.07) is 6.80. The maximum absolute atomic E-state index is 11.7. The second-order valence-corrected chi connectivity index (χ2v) is 4.34. The van der Waals surface area contributed by atoms with Crippen molar-refractivity contribution in [3.63, 3.8) is 0 Å². The van der Waals surface area contributed by atoms with Crippen molar-refractivity contribution in [2.75, 3.05) is 6.54 Å². The van der Waals surface area contributed by atoms with Gasteiger partial charge in [-0.3, -0.25) is 4.79 Å². The number of benzene rings is 1. The van der Waals surface area contributed by atoms with Crippen LogP contribution in [0.25, 0.3) is 0 Å². The molecule has 0 aliphatic heterocycles. The molecule has 2 aromatic rings. The Bertz CT molecular complexity index is 546. The van der Waals surface area contributed by atoms with Gasteiger partial charge in [-0.05, 0) is 17.7 Å². The lowest BCUT2D eigenvalue weighted by Crippen LogP contribution is -2.28. The molecule has 1 aromatic carbocycles. The number of hydrogen-bond donors (Lipinski definition) is 2. The summed E-state index contributed by atoms with van der Waals surface area (Å²) in [5, 5.41) is 13.1. The van der Waals surface area contributed by atoms with Crippen molar-refractivity contribution < 1.29 is 9.90 Å². The van der Waals surface area contributed by atoms with Crippen LogP contribution in [0.3, 0.4) is 0 Å². The van der Waals surface area contributed by atoms with Crippen LogP contribution in [0.2, 0.25) is 5.02 Å². The maximum atomic E-state index is 11.7. The van der Waals surface area contributed by atoms with E-state index in [1.165, 1.54) is 18.7 Å². The van der Waals surface area contributed by atoms with Crippen LogP contribution < -0.4 is 5.32 Å². The van der Waals surface area contributed by atoms with Gasteiger partial charge in [-0.1, -0.05) is 23.7 Å². The minimum Gasteiger partial charge on any atom is -0.387 e. The highest BCUT2D eigenvalue weighted by atomic mass is 35.5. The number of amides is 1. The molecule has 5 nitrogen and oxygen atoms in total. The molecule has 0 fully saturated rings. The number of aliphatic hydroxyl groups excluding tert-OH is 1. The van der Waals surface area contributed by atoms with Crippen molar-refractivity contribution in [2.45, 2.75) is 6.10 Å². The highest BCUT2D eigenvalue weighted by Crippen LogP contribution is 2.15. The van der Waals surface area contributed by atoms with E-state index in [-0.39, 0.29) is 12.5 Å². The third-order valence-electron chi connectivity index (χ3n) is 2.53. The fraction of sp³-hybridized carbons (Fsp3) is 0.154. The van der Waals surface area contributed by atoms with Gasteiger partial charge in [0.2, 0.25) is 0 Å². The van der Waals surface area contributed by atoms with Crippen molar-refractivity contribution >= 4 is 17.5 Å². The van der Waals surface area contributed by atoms with Crippen LogP contribution in [0.1, 0.15) is 22.0 Å². The maximum Gasteiger partial charge on any atom is 0.254 e. The van der Waals surface area contributed by atoms with Gasteiger partial charge in [-0.15, -0.1) is 0 Å². The average molecular weight is 278 g/mol. The molecule has 2 N–H and O–H groups in total. The Morgan fingerprint density at radius 2 is 1.89 bits per heavy atom. The minimum atomic E-state index is -0.786. The summed E-state index contributed by atoms with van der Waals surface area (Å²) >= 11 is 5.76. The van der Waals surface area contributed by atoms with Gasteiger partial charge < -0.3 is 10.4 Å². The lowest BCUT2D eigenvalue weighted by Gasteiger charge is -2.12. The molecule has 0 aliphatic carbocycles. The number of carbonyl (C=O) groups is 1. The van der Waals surface area contributed by atoms with Gasteiger partial charge in [-0.2, -0.15) is 0 Å². The van der Waals surface area contributed by atoms with Gasteiger partial charge in [0.15, 0.2) is 0 Å². The molecule has 0 bridgehead atoms. The zero-order valence-electron chi connectivity index (χ0n) is 9.95. The molecule has 1 atom stereocenters. The number of nitrogens with zero attached hydrogens (tertiary/aromatic N) is 2. The Morgan fingerprint density at radius 1 is 1.26 bits per heavy atom. The van der Waals surface area contributed by atoms with E-state index >= 15 is 0 Å². The molecular formula is C13H12ClN3O2. The smallest absolute Gasteiger partial charge is 0.254 e. The highest BCUT2D eigenvalue weighted by molar-refractivity contribution is 6.30. The standard InChI is InChI=1S/C13H12ClN3O2/c14-11-3-1-9(2-4-11)12(18)7-17-13(19)10-5-15-8-16-6-10/h1-6,8,12,18H,7H2,(H,17,19). The van der Waals surface area contributed by atoms with E-state index in [1.54, 1.807) is 24.3 Å². The number of carbonyl (C=O) groups excluding carboxylic acids is 1. The first-order valence-corrected chi connectivity index (χ1v) is 6.01. The zero-order chi connectivity index (χ0) is 13.7. The van der Waals surface area contributed by atoms with Crippen LogP contribution in [0.4, 0.5) is 0 Å². The Morgan fingerprint density at radius 3 is 2.53 bits per heavy atom. The summed E-state index contributed by atoms with van der Waals surface area (Å²) in [7, 11) is 0. The normalized spacial score (nSPS) is 11.9. The Kier molecular flexibility index (Phi) is 4.43. The van der Waals surface area contributed by atoms with Crippen LogP contribution in [-0.2, 0) is 0 Å². The number of rotatable bonds is 4. The first kappa shape index (κ1) is 13.5. The van der Waals surface area contributed by atoms with Gasteiger partial charge in [0.1, 0.15) is 6.33 Å². The van der Waals surface area contributed by atoms with E-state index in [2.05, 4.69) is 15.3 Å². The quantitative estimate of drug-likeness (QED) is 0.890. The van der Waals surface area contributed by atoms with Crippen molar-refractivity contribution in [1.29, 1.82) is 0 Å². The number of nitrogens with one attached hydrogen (secondary N) is 1. The molecule has 0 aliphatic rings. The molecule has 19 heavy (non-hydrogen) atoms. The van der Waals surface area contributed by atoms with Crippen LogP contribution in [0.15, 0.2) is 43.0 Å². The van der Waals surface area contributed by atoms with Crippen molar-refractivity contribution in [1.82, 2.24) is 15.3 Å². The molecule has 1 unspecified atom stereocenters. The van der Waals surface area contributed by atoms with E-state index < -0.39 is 6.10 Å². The SMILES string of the molecule is O=C(NCC(O)c1ccc(Cl)cc1)c1cncnc1. The van der Waals surface area contributed by atoms with Gasteiger partial charge in [0.25, 0.3) is 5.91 Å². The Labute approximate surface area is 115 Å². The van der Waals surface area contributed by atoms with E-state index in [0.717, 1.165) is 0 Å². The van der Waals surface area contributed by atoms with Gasteiger partial charge in [0.05, 0.1) is 11.7 Å². The molecule has 0 radical (unpaired) electrons. The fourth-order valence-electron chi connectivity index (χ4n) is 1.51. The number of hydrogen-bond acceptors (Lipinski definition) is 4. The van der Waals surface area contributed by atoms with E-state index in [0.29, 0.717) is 16.1 Å². The van der Waals surface area contributed by atoms with E-state index in [9.17, 15) is 9.90 Å². The molecular weight excluding hydrogens is 266 g/mol. The first-order chi connectivity index (χ1) is 9.16. The fourth-order valence-corrected chi connectivity index (χ4v) is 1.64. The lowest BCUT2D eigenvalue weighted by atomic mass is 10.1. The summed E-state index contributed by atoms with van der Waals surface area (Å²) in [5.74, 6) is -0.325. The number of halogens is 1. The summed E-state index contributed by atoms with van der Waals surface area (Å²) in [6.45, 7) is 0.107. The summed E-state index contributed by atoms with van der Waals surface area (Å²) < 4.78 is 0. The topological polar surface area (TPSA) is 75.1 Å². The lowest BCUT2D eigenvalue weighted by molar-refractivity contribution is 0.0915. The largest absolute Gasteiger partial charge is 0.387 e. The number of aliphatic hydroxyl groups is 1. The monoisotopic (exact) mass is 277 g/mol. The van der Waals surface area contributed by atoms with E-state index in [4.69, 9.17) is 11.6 Å². The molecule has 1 heterocycles. The van der Waals surface area contributed by atoms with Crippen LogP contribution in [0.5, 0.6) is 0 Å². The van der Waals surface area contributed by atoms with Crippen LogP contribution in [0, 0.1) is 0 Å². The van der Waals surface area contributed by atoms with Crippen molar-refractivity contribution in [3.8, 4) is 0 Å². The summed E-state index contributed by atoms with van der Waals surface area (Å²) in [5.41, 5.74) is 1.04. The average Bonchev–Trinajstić information content (AvgIpc) is 2.46. The third-order valence-corrected chi connectivity index (χ3v) is 2.79. The first-order valence-electron chi connectivity index (χ1n) is 5.63. The second kappa shape index (κ2) is 6.26. The zero-order valence-corrected chi connectivity index (χ0v) is 10.7. The summed E-state index contributed by atoms with van der Waals surface area (Å²) in [4.78, 5) is 19.2. The number of aromatic nitrogens is 2. The third kappa shape index (κ3) is 3.74. The van der Waals surface area contributed by atoms with Crippen LogP contribution >= 0.6 is 11.6 Å². The highest BCUT2D eigenvalue weighted by Gasteiger charge is 2.11.